The van der Waals surface area contributed by atoms with Gasteiger partial charge in [-0.1, -0.05) is 24.3 Å². The van der Waals surface area contributed by atoms with Crippen LogP contribution in [0, 0.1) is 0 Å². The van der Waals surface area contributed by atoms with E-state index in [1.54, 1.807) is 0 Å². The molecule has 1 fully saturated rings. The van der Waals surface area contributed by atoms with E-state index in [2.05, 4.69) is 145 Å². The standard InChI is InChI=1S/C61H87N15O22S6/c1-27(49(85)71-43(26-104)57(93)75-48(28(2)77)59(95)63-20-46(82)66-39(22-100)53(89)70-37(61(97)98)18-31-8-12-33(80)13-9-31)64-58(94)44-5-4-16-76(44)60(96)36(19-45(62)81)69-55(91)41(24-102)74-56(92)42(25-103)72-51(87)35(17-30-6-10-32(79)11-7-30)68-50(86)34(14-15-47(83)84)67-54(90)40(23-101)73-52(88)38(21-99)65-29(3)78/h6-13,27-28,34-44,48,77,79-80,99-104H,4-5,14-26H2,1-3H3,(H2,62,81)(H,63,95)(H,64,94)(H,65,78)(H,66,82)(H,67,90)(H,68,86)(H,69,91)(H,70,89)(H,71,85)(H,72,87)(H,73,88)(H,74,92)(H,75,93)(H,83,84)(H,97,98)/t27-,28+,34-,35-,36-,37-,38-,39-,40-,41-,42-,43-,44-,48-/m0/s1. The Morgan fingerprint density at radius 2 is 0.856 bits per heavy atom. The molecule has 2 aromatic carbocycles. The van der Waals surface area contributed by atoms with Crippen LogP contribution in [0.25, 0.3) is 0 Å². The van der Waals surface area contributed by atoms with Crippen LogP contribution in [0.15, 0.2) is 48.5 Å². The van der Waals surface area contributed by atoms with Crippen molar-refractivity contribution in [1.82, 2.24) is 74.0 Å². The van der Waals surface area contributed by atoms with Crippen molar-refractivity contribution < 1.29 is 107 Å². The van der Waals surface area contributed by atoms with Crippen LogP contribution in [-0.4, -0.2) is 263 Å². The number of primary amides is 1. The van der Waals surface area contributed by atoms with Crippen LogP contribution < -0.4 is 74.9 Å². The summed E-state index contributed by atoms with van der Waals surface area (Å²) in [7, 11) is 0. The Balaban J connectivity index is 1.70. The lowest BCUT2D eigenvalue weighted by atomic mass is 10.0. The van der Waals surface area contributed by atoms with Gasteiger partial charge >= 0.3 is 11.9 Å². The number of carboxylic acid groups (broad SMARTS) is 2. The summed E-state index contributed by atoms with van der Waals surface area (Å²) in [5.74, 6) is -20.3. The van der Waals surface area contributed by atoms with Gasteiger partial charge in [0.25, 0.3) is 0 Å². The second-order valence-electron chi connectivity index (χ2n) is 23.5. The monoisotopic (exact) mass is 1570 g/mol. The molecule has 2 aromatic rings. The number of likely N-dealkylation sites (tertiary alicyclic amines) is 1. The van der Waals surface area contributed by atoms with E-state index >= 15 is 0 Å². The molecule has 0 aromatic heterocycles. The van der Waals surface area contributed by atoms with Crippen molar-refractivity contribution >= 4 is 176 Å². The molecule has 1 saturated heterocycles. The first-order valence-corrected chi connectivity index (χ1v) is 35.6. The molecule has 1 aliphatic rings. The molecule has 3 rings (SSSR count). The third-order valence-electron chi connectivity index (χ3n) is 15.3. The number of nitrogens with zero attached hydrogens (tertiary/aromatic N) is 1. The van der Waals surface area contributed by atoms with Gasteiger partial charge in [-0.2, -0.15) is 75.8 Å². The second kappa shape index (κ2) is 44.7. The Hall–Kier alpha value is -8.91. The fourth-order valence-electron chi connectivity index (χ4n) is 9.76. The number of aliphatic carboxylic acids is 2. The van der Waals surface area contributed by atoms with Gasteiger partial charge in [-0.3, -0.25) is 76.7 Å². The van der Waals surface area contributed by atoms with E-state index in [-0.39, 0.29) is 61.0 Å². The predicted molar refractivity (Wildman–Crippen MR) is 389 cm³/mol. The fraction of sp³-hybridized carbons (Fsp3) is 0.525. The molecule has 574 valence electrons. The number of carbonyl (C=O) groups is 17. The summed E-state index contributed by atoms with van der Waals surface area (Å²) in [6.45, 7) is 2.51. The van der Waals surface area contributed by atoms with Crippen molar-refractivity contribution in [3.05, 3.63) is 59.7 Å². The van der Waals surface area contributed by atoms with Crippen molar-refractivity contribution in [1.29, 1.82) is 0 Å². The van der Waals surface area contributed by atoms with E-state index in [4.69, 9.17) is 5.73 Å². The molecular formula is C61H87N15O22S6. The number of hydrogen-bond acceptors (Lipinski definition) is 26. The van der Waals surface area contributed by atoms with E-state index in [9.17, 15) is 107 Å². The third kappa shape index (κ3) is 29.7. The third-order valence-corrected chi connectivity index (χ3v) is 17.5. The maximum Gasteiger partial charge on any atom is 0.326 e. The van der Waals surface area contributed by atoms with Gasteiger partial charge in [0, 0.05) is 67.2 Å². The Bertz CT molecular complexity index is 3420. The van der Waals surface area contributed by atoms with Gasteiger partial charge in [-0.15, -0.1) is 0 Å². The van der Waals surface area contributed by atoms with Gasteiger partial charge < -0.3 is 105 Å². The van der Waals surface area contributed by atoms with Crippen molar-refractivity contribution in [2.24, 2.45) is 5.73 Å². The molecule has 0 saturated carbocycles. The summed E-state index contributed by atoms with van der Waals surface area (Å²) < 4.78 is 0. The molecule has 15 amide bonds. The van der Waals surface area contributed by atoms with Gasteiger partial charge in [0.05, 0.1) is 19.1 Å². The molecule has 14 atom stereocenters. The maximum absolute atomic E-state index is 14.3. The molecule has 1 aliphatic heterocycles. The quantitative estimate of drug-likeness (QED) is 0.0274. The average Bonchev–Trinajstić information content (AvgIpc) is 1.61. The van der Waals surface area contributed by atoms with E-state index < -0.39 is 228 Å². The number of amides is 15. The summed E-state index contributed by atoms with van der Waals surface area (Å²) in [6, 6.07) is -9.22. The topological polar surface area (TPSA) is 577 Å². The summed E-state index contributed by atoms with van der Waals surface area (Å²) in [5.41, 5.74) is 6.28. The molecule has 37 nitrogen and oxygen atoms in total. The number of benzene rings is 2. The summed E-state index contributed by atoms with van der Waals surface area (Å²) in [5, 5.41) is 79.6. The highest BCUT2D eigenvalue weighted by Gasteiger charge is 2.41. The minimum Gasteiger partial charge on any atom is -0.508 e. The summed E-state index contributed by atoms with van der Waals surface area (Å²) >= 11 is 24.7. The highest BCUT2D eigenvalue weighted by atomic mass is 32.1. The Labute approximate surface area is 628 Å². The second-order valence-corrected chi connectivity index (χ2v) is 25.7. The minimum atomic E-state index is -1.79. The molecule has 0 aliphatic carbocycles. The lowest BCUT2D eigenvalue weighted by Gasteiger charge is -2.30. The molecule has 43 heteroatoms. The Morgan fingerprint density at radius 3 is 1.28 bits per heavy atom. The number of aliphatic hydroxyl groups excluding tert-OH is 1. The van der Waals surface area contributed by atoms with Crippen molar-refractivity contribution in [2.75, 3.05) is 47.6 Å². The zero-order chi connectivity index (χ0) is 78.2. The average molecular weight is 1570 g/mol. The van der Waals surface area contributed by atoms with Gasteiger partial charge in [-0.05, 0) is 68.5 Å². The first-order chi connectivity index (χ1) is 49.0. The lowest BCUT2D eigenvalue weighted by Crippen LogP contribution is -2.61. The number of carboxylic acids is 2. The molecule has 0 radical (unpaired) electrons. The normalized spacial score (nSPS) is 16.2. The number of nitrogens with one attached hydrogen (secondary N) is 13. The van der Waals surface area contributed by atoms with Crippen LogP contribution in [0.4, 0.5) is 0 Å². The Morgan fingerprint density at radius 1 is 0.481 bits per heavy atom. The van der Waals surface area contributed by atoms with Gasteiger partial charge in [-0.25, -0.2) is 4.79 Å². The Kier molecular flexibility index (Phi) is 38.4. The van der Waals surface area contributed by atoms with Crippen LogP contribution in [0.1, 0.15) is 64.0 Å². The molecule has 1 heterocycles. The number of hydrogen-bond donors (Lipinski definition) is 25. The van der Waals surface area contributed by atoms with Crippen LogP contribution in [-0.2, 0) is 94.3 Å². The smallest absolute Gasteiger partial charge is 0.326 e. The van der Waals surface area contributed by atoms with Crippen molar-refractivity contribution in [2.45, 2.75) is 150 Å². The number of phenols is 2. The van der Waals surface area contributed by atoms with E-state index in [1.165, 1.54) is 55.5 Å². The number of phenolic OH excluding ortho intramolecular Hbond substituents is 2. The van der Waals surface area contributed by atoms with E-state index in [0.717, 1.165) is 18.7 Å². The van der Waals surface area contributed by atoms with Gasteiger partial charge in [0.1, 0.15) is 90.0 Å². The number of nitrogens with two attached hydrogens (primary N) is 1. The number of thiol groups is 6. The van der Waals surface area contributed by atoms with Crippen molar-refractivity contribution in [3.8, 4) is 11.5 Å². The molecule has 0 unspecified atom stereocenters. The first-order valence-electron chi connectivity index (χ1n) is 31.8. The first kappa shape index (κ1) is 89.3. The van der Waals surface area contributed by atoms with Crippen molar-refractivity contribution in [3.63, 3.8) is 0 Å². The van der Waals surface area contributed by atoms with Crippen LogP contribution >= 0.6 is 75.8 Å². The van der Waals surface area contributed by atoms with E-state index in [1.807, 2.05) is 0 Å². The molecule has 104 heavy (non-hydrogen) atoms. The maximum atomic E-state index is 14.3. The number of aromatic hydroxyl groups is 2. The summed E-state index contributed by atoms with van der Waals surface area (Å²) in [6.07, 6.45) is -4.12. The molecular weight excluding hydrogens is 1490 g/mol. The van der Waals surface area contributed by atoms with Crippen LogP contribution in [0.3, 0.4) is 0 Å². The van der Waals surface area contributed by atoms with Crippen LogP contribution in [0.2, 0.25) is 0 Å². The molecule has 0 spiro atoms. The zero-order valence-corrected chi connectivity index (χ0v) is 61.6. The SMILES string of the molecule is CC(=O)N[C@@H](CS)C(=O)N[C@@H](CS)C(=O)N[C@@H](CCC(=O)O)C(=O)N[C@@H](Cc1ccc(O)cc1)C(=O)N[C@@H](CS)C(=O)N[C@@H](CS)C(=O)N[C@@H](CC(N)=O)C(=O)N1CCC[C@H]1C(=O)N[C@@H](C)C(=O)N[C@@H](CS)C(=O)N[C@H](C(=O)NCC(=O)N[C@@H](CS)C(=O)N[C@@H](Cc1ccc(O)cc1)C(=O)O)[C@@H](C)O. The van der Waals surface area contributed by atoms with Gasteiger partial charge in [0.2, 0.25) is 88.6 Å². The van der Waals surface area contributed by atoms with Crippen LogP contribution in [0.5, 0.6) is 11.5 Å². The minimum absolute atomic E-state index is 0.0115. The zero-order valence-electron chi connectivity index (χ0n) is 56.2. The highest BCUT2D eigenvalue weighted by Crippen LogP contribution is 2.21. The van der Waals surface area contributed by atoms with Gasteiger partial charge in [0.15, 0.2) is 0 Å². The summed E-state index contributed by atoms with van der Waals surface area (Å²) in [4.78, 5) is 226. The van der Waals surface area contributed by atoms with E-state index in [0.29, 0.717) is 11.1 Å². The largest absolute Gasteiger partial charge is 0.508 e. The number of aliphatic hydroxyl groups is 1. The highest BCUT2D eigenvalue weighted by molar-refractivity contribution is 7.81. The number of carbonyl (C=O) groups excluding carboxylic acids is 15. The predicted octanol–water partition coefficient (Wildman–Crippen LogP) is -7.37. The lowest BCUT2D eigenvalue weighted by molar-refractivity contribution is -0.143. The number of rotatable bonds is 43. The fourth-order valence-corrected chi connectivity index (χ4v) is 11.3. The molecule has 20 N–H and O–H groups in total. The molecule has 0 bridgehead atoms.